The molecule has 0 aliphatic carbocycles. The van der Waals surface area contributed by atoms with Gasteiger partial charge in [-0.1, -0.05) is 41.4 Å². The molecule has 4 nitrogen and oxygen atoms in total. The van der Waals surface area contributed by atoms with Crippen LogP contribution in [0.25, 0.3) is 22.2 Å². The van der Waals surface area contributed by atoms with E-state index in [2.05, 4.69) is 9.97 Å². The van der Waals surface area contributed by atoms with Gasteiger partial charge in [-0.15, -0.1) is 0 Å². The number of rotatable bonds is 1. The van der Waals surface area contributed by atoms with Crippen LogP contribution in [0.5, 0.6) is 0 Å². The highest BCUT2D eigenvalue weighted by atomic mass is 35.5. The molecule has 3 aromatic rings. The summed E-state index contributed by atoms with van der Waals surface area (Å²) in [7, 11) is 0. The molecule has 4 N–H and O–H groups in total. The van der Waals surface area contributed by atoms with Gasteiger partial charge < -0.3 is 11.5 Å². The molecule has 2 aromatic carbocycles. The highest BCUT2D eigenvalue weighted by Crippen LogP contribution is 2.40. The molecule has 0 radical (unpaired) electrons. The molecule has 0 fully saturated rings. The van der Waals surface area contributed by atoms with E-state index in [1.54, 1.807) is 12.1 Å². The van der Waals surface area contributed by atoms with E-state index in [9.17, 15) is 0 Å². The van der Waals surface area contributed by atoms with Crippen LogP contribution in [-0.2, 0) is 0 Å². The van der Waals surface area contributed by atoms with E-state index in [-0.39, 0.29) is 5.95 Å². The Kier molecular flexibility index (Phi) is 3.12. The van der Waals surface area contributed by atoms with E-state index in [4.69, 9.17) is 34.7 Å². The Morgan fingerprint density at radius 1 is 0.900 bits per heavy atom. The molecular weight excluding hydrogens is 295 g/mol. The zero-order valence-corrected chi connectivity index (χ0v) is 11.8. The lowest BCUT2D eigenvalue weighted by molar-refractivity contribution is 1.24. The zero-order chi connectivity index (χ0) is 14.3. The lowest BCUT2D eigenvalue weighted by Crippen LogP contribution is -1.99. The van der Waals surface area contributed by atoms with Crippen molar-refractivity contribution in [2.75, 3.05) is 11.5 Å². The Bertz CT molecular complexity index is 818. The third-order valence-electron chi connectivity index (χ3n) is 2.98. The number of hydrogen-bond acceptors (Lipinski definition) is 4. The lowest BCUT2D eigenvalue weighted by atomic mass is 10.1. The van der Waals surface area contributed by atoms with E-state index in [0.29, 0.717) is 27.0 Å². The number of nitrogen functional groups attached to an aromatic ring is 2. The fourth-order valence-electron chi connectivity index (χ4n) is 2.07. The van der Waals surface area contributed by atoms with Crippen LogP contribution in [0.15, 0.2) is 36.4 Å². The van der Waals surface area contributed by atoms with Gasteiger partial charge in [0.2, 0.25) is 5.95 Å². The van der Waals surface area contributed by atoms with Gasteiger partial charge in [0.1, 0.15) is 0 Å². The van der Waals surface area contributed by atoms with Gasteiger partial charge in [-0.05, 0) is 18.2 Å². The summed E-state index contributed by atoms with van der Waals surface area (Å²) in [5.41, 5.74) is 13.9. The topological polar surface area (TPSA) is 77.8 Å². The molecule has 0 aliphatic rings. The monoisotopic (exact) mass is 304 g/mol. The molecule has 100 valence electrons. The van der Waals surface area contributed by atoms with Crippen molar-refractivity contribution >= 4 is 45.7 Å². The lowest BCUT2D eigenvalue weighted by Gasteiger charge is -2.11. The summed E-state index contributed by atoms with van der Waals surface area (Å²) >= 11 is 12.5. The van der Waals surface area contributed by atoms with E-state index in [1.807, 2.05) is 24.3 Å². The van der Waals surface area contributed by atoms with Crippen molar-refractivity contribution < 1.29 is 0 Å². The number of benzene rings is 2. The highest BCUT2D eigenvalue weighted by molar-refractivity contribution is 6.41. The second kappa shape index (κ2) is 4.81. The normalized spacial score (nSPS) is 10.9. The van der Waals surface area contributed by atoms with Crippen LogP contribution in [0, 0.1) is 0 Å². The highest BCUT2D eigenvalue weighted by Gasteiger charge is 2.16. The molecule has 0 aliphatic heterocycles. The summed E-state index contributed by atoms with van der Waals surface area (Å²) in [6.45, 7) is 0. The van der Waals surface area contributed by atoms with E-state index < -0.39 is 0 Å². The van der Waals surface area contributed by atoms with Gasteiger partial charge in [0, 0.05) is 10.9 Å². The Morgan fingerprint density at radius 3 is 2.45 bits per heavy atom. The van der Waals surface area contributed by atoms with E-state index >= 15 is 0 Å². The van der Waals surface area contributed by atoms with Crippen molar-refractivity contribution in [3.8, 4) is 11.3 Å². The summed E-state index contributed by atoms with van der Waals surface area (Å²) in [5.74, 6) is 0.160. The number of halogens is 2. The average Bonchev–Trinajstić information content (AvgIpc) is 2.43. The molecule has 0 saturated heterocycles. The van der Waals surface area contributed by atoms with Crippen LogP contribution >= 0.6 is 23.2 Å². The standard InChI is InChI=1S/C14H10Cl2N4/c15-8-5-6-9(17)12(16)11(8)13-7-3-1-2-4-10(7)19-14(18)20-13/h1-6H,17H2,(H2,18,19,20). The maximum atomic E-state index is 6.28. The van der Waals surface area contributed by atoms with Gasteiger partial charge >= 0.3 is 0 Å². The first-order valence-corrected chi connectivity index (χ1v) is 6.59. The van der Waals surface area contributed by atoms with Crippen molar-refractivity contribution in [3.05, 3.63) is 46.4 Å². The predicted molar refractivity (Wildman–Crippen MR) is 83.8 cm³/mol. The molecule has 0 spiro atoms. The van der Waals surface area contributed by atoms with Crippen molar-refractivity contribution in [2.45, 2.75) is 0 Å². The number of anilines is 2. The van der Waals surface area contributed by atoms with Crippen molar-refractivity contribution in [2.24, 2.45) is 0 Å². The van der Waals surface area contributed by atoms with Gasteiger partial charge in [-0.25, -0.2) is 9.97 Å². The molecule has 20 heavy (non-hydrogen) atoms. The number of hydrogen-bond donors (Lipinski definition) is 2. The molecule has 1 aromatic heterocycles. The second-order valence-electron chi connectivity index (χ2n) is 4.27. The van der Waals surface area contributed by atoms with Crippen molar-refractivity contribution in [3.63, 3.8) is 0 Å². The maximum Gasteiger partial charge on any atom is 0.221 e. The Hall–Kier alpha value is -2.04. The van der Waals surface area contributed by atoms with Crippen LogP contribution < -0.4 is 11.5 Å². The molecular formula is C14H10Cl2N4. The third kappa shape index (κ3) is 2.03. The summed E-state index contributed by atoms with van der Waals surface area (Å²) in [5, 5.41) is 1.64. The molecule has 0 amide bonds. The Labute approximate surface area is 125 Å². The largest absolute Gasteiger partial charge is 0.398 e. The van der Waals surface area contributed by atoms with Crippen molar-refractivity contribution in [1.82, 2.24) is 9.97 Å². The smallest absolute Gasteiger partial charge is 0.221 e. The molecule has 1 heterocycles. The minimum absolute atomic E-state index is 0.160. The van der Waals surface area contributed by atoms with Crippen LogP contribution in [0.2, 0.25) is 10.0 Å². The fourth-order valence-corrected chi connectivity index (χ4v) is 2.62. The maximum absolute atomic E-state index is 6.28. The fraction of sp³-hybridized carbons (Fsp3) is 0. The zero-order valence-electron chi connectivity index (χ0n) is 10.3. The summed E-state index contributed by atoms with van der Waals surface area (Å²) in [6, 6.07) is 10.8. The van der Waals surface area contributed by atoms with Crippen molar-refractivity contribution in [1.29, 1.82) is 0 Å². The molecule has 0 atom stereocenters. The average molecular weight is 305 g/mol. The van der Waals surface area contributed by atoms with E-state index in [1.165, 1.54) is 0 Å². The Balaban J connectivity index is 2.44. The molecule has 0 bridgehead atoms. The first-order valence-electron chi connectivity index (χ1n) is 5.84. The number of fused-ring (bicyclic) bond motifs is 1. The predicted octanol–water partition coefficient (Wildman–Crippen LogP) is 3.77. The molecule has 0 unspecified atom stereocenters. The van der Waals surface area contributed by atoms with E-state index in [0.717, 1.165) is 10.9 Å². The first kappa shape index (κ1) is 13.0. The summed E-state index contributed by atoms with van der Waals surface area (Å²) in [6.07, 6.45) is 0. The van der Waals surface area contributed by atoms with Crippen LogP contribution in [0.3, 0.4) is 0 Å². The number of nitrogens with two attached hydrogens (primary N) is 2. The van der Waals surface area contributed by atoms with Gasteiger partial charge in [-0.2, -0.15) is 0 Å². The molecule has 3 rings (SSSR count). The number of para-hydroxylation sites is 1. The second-order valence-corrected chi connectivity index (χ2v) is 5.06. The van der Waals surface area contributed by atoms with Crippen LogP contribution in [-0.4, -0.2) is 9.97 Å². The van der Waals surface area contributed by atoms with Gasteiger partial charge in [-0.3, -0.25) is 0 Å². The van der Waals surface area contributed by atoms with Crippen LogP contribution in [0.1, 0.15) is 0 Å². The minimum atomic E-state index is 0.160. The third-order valence-corrected chi connectivity index (χ3v) is 3.70. The quantitative estimate of drug-likeness (QED) is 0.671. The summed E-state index contributed by atoms with van der Waals surface area (Å²) < 4.78 is 0. The first-order chi connectivity index (χ1) is 9.58. The number of nitrogens with zero attached hydrogens (tertiary/aromatic N) is 2. The molecule has 6 heteroatoms. The van der Waals surface area contributed by atoms with Gasteiger partial charge in [0.15, 0.2) is 0 Å². The Morgan fingerprint density at radius 2 is 1.65 bits per heavy atom. The number of aromatic nitrogens is 2. The SMILES string of the molecule is Nc1nc(-c2c(Cl)ccc(N)c2Cl)c2ccccc2n1. The van der Waals surface area contributed by atoms with Gasteiger partial charge in [0.05, 0.1) is 26.9 Å². The minimum Gasteiger partial charge on any atom is -0.398 e. The van der Waals surface area contributed by atoms with Crippen LogP contribution in [0.4, 0.5) is 11.6 Å². The molecule has 0 saturated carbocycles. The van der Waals surface area contributed by atoms with Gasteiger partial charge in [0.25, 0.3) is 0 Å². The summed E-state index contributed by atoms with van der Waals surface area (Å²) in [4.78, 5) is 8.47.